The van der Waals surface area contributed by atoms with Crippen molar-refractivity contribution in [3.05, 3.63) is 29.3 Å². The molecular weight excluding hydrogens is 414 g/mol. The zero-order chi connectivity index (χ0) is 23.7. The number of carbonyl (C=O) groups is 1. The van der Waals surface area contributed by atoms with E-state index in [9.17, 15) is 25.2 Å². The van der Waals surface area contributed by atoms with E-state index in [1.54, 1.807) is 12.1 Å². The lowest BCUT2D eigenvalue weighted by atomic mass is 9.99. The van der Waals surface area contributed by atoms with E-state index in [0.29, 0.717) is 18.7 Å². The van der Waals surface area contributed by atoms with Crippen LogP contribution >= 0.6 is 0 Å². The summed E-state index contributed by atoms with van der Waals surface area (Å²) >= 11 is 0. The van der Waals surface area contributed by atoms with Gasteiger partial charge in [0.05, 0.1) is 6.61 Å². The molecule has 1 fully saturated rings. The first kappa shape index (κ1) is 26.5. The summed E-state index contributed by atoms with van der Waals surface area (Å²) < 4.78 is 11.1. The Morgan fingerprint density at radius 2 is 1.81 bits per heavy atom. The summed E-state index contributed by atoms with van der Waals surface area (Å²) in [6, 6.07) is 5.37. The van der Waals surface area contributed by atoms with Crippen LogP contribution in [0.25, 0.3) is 0 Å². The lowest BCUT2D eigenvalue weighted by Crippen LogP contribution is -2.60. The van der Waals surface area contributed by atoms with Gasteiger partial charge in [-0.2, -0.15) is 0 Å². The molecule has 5 N–H and O–H groups in total. The molecule has 0 radical (unpaired) electrons. The van der Waals surface area contributed by atoms with Gasteiger partial charge >= 0.3 is 0 Å². The fourth-order valence-electron chi connectivity index (χ4n) is 3.72. The molecule has 0 aliphatic carbocycles. The van der Waals surface area contributed by atoms with Crippen molar-refractivity contribution in [3.63, 3.8) is 0 Å². The number of aliphatic hydroxyl groups excluding tert-OH is 4. The molecule has 5 unspecified atom stereocenters. The molecule has 0 spiro atoms. The maximum atomic E-state index is 12.1. The molecule has 8 nitrogen and oxygen atoms in total. The van der Waals surface area contributed by atoms with Crippen molar-refractivity contribution >= 4 is 5.91 Å². The number of benzene rings is 1. The van der Waals surface area contributed by atoms with Gasteiger partial charge in [0.1, 0.15) is 30.2 Å². The molecule has 1 aromatic carbocycles. The van der Waals surface area contributed by atoms with Crippen molar-refractivity contribution < 1.29 is 34.7 Å². The van der Waals surface area contributed by atoms with Crippen LogP contribution in [0, 0.1) is 12.8 Å². The molecule has 1 heterocycles. The Hall–Kier alpha value is -1.71. The van der Waals surface area contributed by atoms with Crippen molar-refractivity contribution in [3.8, 4) is 5.75 Å². The zero-order valence-electron chi connectivity index (χ0n) is 19.4. The second kappa shape index (κ2) is 13.1. The summed E-state index contributed by atoms with van der Waals surface area (Å²) in [5, 5.41) is 42.1. The van der Waals surface area contributed by atoms with Crippen molar-refractivity contribution in [1.82, 2.24) is 5.32 Å². The highest BCUT2D eigenvalue weighted by atomic mass is 16.7. The van der Waals surface area contributed by atoms with E-state index in [0.717, 1.165) is 29.9 Å². The molecule has 1 aromatic rings. The maximum Gasteiger partial charge on any atom is 0.229 e. The normalized spacial score (nSPS) is 25.7. The number of aliphatic hydroxyl groups is 4. The molecule has 1 aliphatic rings. The van der Waals surface area contributed by atoms with Crippen LogP contribution in [0.5, 0.6) is 5.75 Å². The Bertz CT molecular complexity index is 710. The van der Waals surface area contributed by atoms with Gasteiger partial charge in [0.25, 0.3) is 0 Å². The van der Waals surface area contributed by atoms with Crippen LogP contribution in [-0.4, -0.2) is 63.6 Å². The standard InChI is InChI=1S/C24H39NO7/c1-15(2)8-6-4-5-7-9-20(27)25-13-17-10-11-18(16(3)12-17)31-24-23(30)22(29)21(28)19(14-26)32-24/h10-12,15,19,21-24,26,28-30H,4-9,13-14H2,1-3H3,(H,25,27). The summed E-state index contributed by atoms with van der Waals surface area (Å²) in [6.07, 6.45) is -0.511. The summed E-state index contributed by atoms with van der Waals surface area (Å²) in [7, 11) is 0. The van der Waals surface area contributed by atoms with Crippen LogP contribution in [-0.2, 0) is 16.1 Å². The third kappa shape index (κ3) is 8.01. The molecule has 8 heteroatoms. The van der Waals surface area contributed by atoms with E-state index >= 15 is 0 Å². The van der Waals surface area contributed by atoms with Gasteiger partial charge in [-0.1, -0.05) is 51.7 Å². The molecule has 1 amide bonds. The number of nitrogens with one attached hydrogen (secondary N) is 1. The van der Waals surface area contributed by atoms with Crippen molar-refractivity contribution in [1.29, 1.82) is 0 Å². The smallest absolute Gasteiger partial charge is 0.229 e. The fourth-order valence-corrected chi connectivity index (χ4v) is 3.72. The quantitative estimate of drug-likeness (QED) is 0.305. The number of ether oxygens (including phenoxy) is 2. The van der Waals surface area contributed by atoms with E-state index in [4.69, 9.17) is 9.47 Å². The lowest BCUT2D eigenvalue weighted by molar-refractivity contribution is -0.277. The first-order valence-electron chi connectivity index (χ1n) is 11.6. The third-order valence-electron chi connectivity index (χ3n) is 5.76. The number of aryl methyl sites for hydroxylation is 1. The molecule has 0 saturated carbocycles. The summed E-state index contributed by atoms with van der Waals surface area (Å²) in [4.78, 5) is 12.1. The third-order valence-corrected chi connectivity index (χ3v) is 5.76. The largest absolute Gasteiger partial charge is 0.462 e. The number of amides is 1. The van der Waals surface area contributed by atoms with Crippen molar-refractivity contribution in [2.24, 2.45) is 5.92 Å². The minimum Gasteiger partial charge on any atom is -0.462 e. The van der Waals surface area contributed by atoms with Gasteiger partial charge < -0.3 is 35.2 Å². The van der Waals surface area contributed by atoms with Crippen LogP contribution in [0.1, 0.15) is 63.5 Å². The van der Waals surface area contributed by atoms with Gasteiger partial charge in [0, 0.05) is 13.0 Å². The predicted molar refractivity (Wildman–Crippen MR) is 120 cm³/mol. The highest BCUT2D eigenvalue weighted by Crippen LogP contribution is 2.27. The maximum absolute atomic E-state index is 12.1. The topological polar surface area (TPSA) is 128 Å². The van der Waals surface area contributed by atoms with E-state index in [2.05, 4.69) is 19.2 Å². The van der Waals surface area contributed by atoms with Gasteiger partial charge in [-0.3, -0.25) is 4.79 Å². The van der Waals surface area contributed by atoms with Gasteiger partial charge in [-0.15, -0.1) is 0 Å². The number of rotatable bonds is 12. The Morgan fingerprint density at radius 3 is 2.47 bits per heavy atom. The van der Waals surface area contributed by atoms with Crippen LogP contribution in [0.2, 0.25) is 0 Å². The van der Waals surface area contributed by atoms with Crippen molar-refractivity contribution in [2.45, 2.75) is 96.5 Å². The second-order valence-corrected chi connectivity index (χ2v) is 9.04. The minimum absolute atomic E-state index is 0.0353. The molecule has 5 atom stereocenters. The van der Waals surface area contributed by atoms with Crippen LogP contribution < -0.4 is 10.1 Å². The van der Waals surface area contributed by atoms with E-state index < -0.39 is 37.3 Å². The molecule has 182 valence electrons. The first-order chi connectivity index (χ1) is 15.2. The average Bonchev–Trinajstić information content (AvgIpc) is 2.76. The number of unbranched alkanes of at least 4 members (excludes halogenated alkanes) is 3. The van der Waals surface area contributed by atoms with Crippen LogP contribution in [0.4, 0.5) is 0 Å². The van der Waals surface area contributed by atoms with E-state index in [1.807, 2.05) is 13.0 Å². The summed E-state index contributed by atoms with van der Waals surface area (Å²) in [6.45, 7) is 6.17. The molecule has 2 rings (SSSR count). The van der Waals surface area contributed by atoms with E-state index in [1.165, 1.54) is 19.3 Å². The summed E-state index contributed by atoms with van der Waals surface area (Å²) in [5.74, 6) is 1.20. The Kier molecular flexibility index (Phi) is 10.9. The molecule has 1 saturated heterocycles. The molecule has 32 heavy (non-hydrogen) atoms. The number of carbonyl (C=O) groups excluding carboxylic acids is 1. The Balaban J connectivity index is 1.79. The van der Waals surface area contributed by atoms with Crippen LogP contribution in [0.15, 0.2) is 18.2 Å². The van der Waals surface area contributed by atoms with Crippen LogP contribution in [0.3, 0.4) is 0 Å². The zero-order valence-corrected chi connectivity index (χ0v) is 19.4. The van der Waals surface area contributed by atoms with Gasteiger partial charge in [0.15, 0.2) is 0 Å². The Labute approximate surface area is 190 Å². The first-order valence-corrected chi connectivity index (χ1v) is 11.6. The predicted octanol–water partition coefficient (Wildman–Crippen LogP) is 1.79. The molecule has 0 aromatic heterocycles. The number of hydrogen-bond donors (Lipinski definition) is 5. The van der Waals surface area contributed by atoms with E-state index in [-0.39, 0.29) is 5.91 Å². The number of hydrogen-bond acceptors (Lipinski definition) is 7. The monoisotopic (exact) mass is 453 g/mol. The summed E-state index contributed by atoms with van der Waals surface area (Å²) in [5.41, 5.74) is 1.67. The average molecular weight is 454 g/mol. The minimum atomic E-state index is -1.49. The molecule has 1 aliphatic heterocycles. The van der Waals surface area contributed by atoms with Gasteiger partial charge in [-0.25, -0.2) is 0 Å². The lowest BCUT2D eigenvalue weighted by Gasteiger charge is -2.39. The second-order valence-electron chi connectivity index (χ2n) is 9.04. The molecular formula is C24H39NO7. The van der Waals surface area contributed by atoms with Gasteiger partial charge in [0.2, 0.25) is 12.2 Å². The fraction of sp³-hybridized carbons (Fsp3) is 0.708. The highest BCUT2D eigenvalue weighted by Gasteiger charge is 2.44. The van der Waals surface area contributed by atoms with Crippen molar-refractivity contribution in [2.75, 3.05) is 6.61 Å². The highest BCUT2D eigenvalue weighted by molar-refractivity contribution is 5.75. The van der Waals surface area contributed by atoms with Gasteiger partial charge in [-0.05, 0) is 36.5 Å². The SMILES string of the molecule is Cc1cc(CNC(=O)CCCCCCC(C)C)ccc1OC1OC(CO)C(O)C(O)C1O. The molecule has 0 bridgehead atoms. The Morgan fingerprint density at radius 1 is 1.09 bits per heavy atom.